The Labute approximate surface area is 141 Å². The molecule has 0 atom stereocenters. The van der Waals surface area contributed by atoms with Gasteiger partial charge in [0.2, 0.25) is 0 Å². The number of ether oxygens (including phenoxy) is 2. The van der Waals surface area contributed by atoms with Gasteiger partial charge in [0.05, 0.1) is 19.3 Å². The zero-order valence-corrected chi connectivity index (χ0v) is 15.3. The van der Waals surface area contributed by atoms with Gasteiger partial charge in [0.25, 0.3) is 0 Å². The first-order valence-corrected chi connectivity index (χ1v) is 8.97. The largest absolute Gasteiger partial charge is 0.379 e. The summed E-state index contributed by atoms with van der Waals surface area (Å²) in [5.74, 6) is 1.02. The normalized spacial score (nSPS) is 22.4. The second-order valence-electron chi connectivity index (χ2n) is 6.95. The fraction of sp³-hybridized carbons (Fsp3) is 0.941. The van der Waals surface area contributed by atoms with Gasteiger partial charge in [-0.1, -0.05) is 0 Å². The van der Waals surface area contributed by atoms with Crippen molar-refractivity contribution in [1.82, 2.24) is 15.1 Å². The highest BCUT2D eigenvalue weighted by atomic mass is 16.5. The molecule has 6 nitrogen and oxygen atoms in total. The van der Waals surface area contributed by atoms with Gasteiger partial charge < -0.3 is 19.7 Å². The Hall–Kier alpha value is -0.850. The van der Waals surface area contributed by atoms with E-state index in [1.54, 1.807) is 0 Å². The molecule has 23 heavy (non-hydrogen) atoms. The number of hydrogen-bond donors (Lipinski definition) is 1. The monoisotopic (exact) mass is 326 g/mol. The molecule has 0 amide bonds. The van der Waals surface area contributed by atoms with E-state index in [1.807, 2.05) is 7.05 Å². The van der Waals surface area contributed by atoms with Crippen molar-refractivity contribution in [2.45, 2.75) is 45.3 Å². The molecule has 0 aromatic carbocycles. The number of rotatable bonds is 5. The molecule has 0 spiro atoms. The zero-order valence-electron chi connectivity index (χ0n) is 15.3. The summed E-state index contributed by atoms with van der Waals surface area (Å²) in [5.41, 5.74) is 0.101. The highest BCUT2D eigenvalue weighted by molar-refractivity contribution is 5.80. The number of nitrogens with zero attached hydrogens (tertiary/aromatic N) is 3. The van der Waals surface area contributed by atoms with Gasteiger partial charge in [0.1, 0.15) is 0 Å². The lowest BCUT2D eigenvalue weighted by atomic mass is 10.0. The molecule has 2 rings (SSSR count). The third-order valence-corrected chi connectivity index (χ3v) is 4.90. The summed E-state index contributed by atoms with van der Waals surface area (Å²) >= 11 is 0. The summed E-state index contributed by atoms with van der Waals surface area (Å²) in [4.78, 5) is 9.33. The lowest BCUT2D eigenvalue weighted by molar-refractivity contribution is -0.00871. The van der Waals surface area contributed by atoms with Gasteiger partial charge in [-0.15, -0.1) is 0 Å². The first-order valence-electron chi connectivity index (χ1n) is 8.97. The van der Waals surface area contributed by atoms with Crippen LogP contribution in [0.1, 0.15) is 33.6 Å². The van der Waals surface area contributed by atoms with Gasteiger partial charge in [-0.25, -0.2) is 0 Å². The Morgan fingerprint density at radius 2 is 1.87 bits per heavy atom. The van der Waals surface area contributed by atoms with Crippen LogP contribution >= 0.6 is 0 Å². The number of aliphatic imine (C=N–C) groups is 1. The predicted molar refractivity (Wildman–Crippen MR) is 94.1 cm³/mol. The van der Waals surface area contributed by atoms with Crippen molar-refractivity contribution in [3.8, 4) is 0 Å². The fourth-order valence-electron chi connectivity index (χ4n) is 3.38. The van der Waals surface area contributed by atoms with Gasteiger partial charge in [0, 0.05) is 51.9 Å². The number of piperidine rings is 1. The molecule has 2 aliphatic rings. The first-order chi connectivity index (χ1) is 11.1. The first kappa shape index (κ1) is 18.5. The third kappa shape index (κ3) is 5.33. The highest BCUT2D eigenvalue weighted by Crippen LogP contribution is 2.16. The summed E-state index contributed by atoms with van der Waals surface area (Å²) < 4.78 is 11.2. The van der Waals surface area contributed by atoms with Crippen molar-refractivity contribution in [2.75, 3.05) is 59.6 Å². The van der Waals surface area contributed by atoms with Crippen LogP contribution in [0.5, 0.6) is 0 Å². The van der Waals surface area contributed by atoms with Crippen LogP contribution in [-0.4, -0.2) is 87.0 Å². The lowest BCUT2D eigenvalue weighted by Crippen LogP contribution is -2.57. The number of morpholine rings is 1. The molecule has 0 aliphatic carbocycles. The van der Waals surface area contributed by atoms with Crippen LogP contribution in [0.3, 0.4) is 0 Å². The third-order valence-electron chi connectivity index (χ3n) is 4.90. The van der Waals surface area contributed by atoms with E-state index in [0.717, 1.165) is 71.3 Å². The molecular formula is C17H34N4O2. The number of guanidine groups is 1. The summed E-state index contributed by atoms with van der Waals surface area (Å²) in [6.07, 6.45) is 2.59. The van der Waals surface area contributed by atoms with Crippen LogP contribution in [0.25, 0.3) is 0 Å². The summed E-state index contributed by atoms with van der Waals surface area (Å²) in [6.45, 7) is 14.1. The van der Waals surface area contributed by atoms with E-state index < -0.39 is 0 Å². The minimum atomic E-state index is 0.101. The van der Waals surface area contributed by atoms with Gasteiger partial charge in [-0.05, 0) is 33.6 Å². The van der Waals surface area contributed by atoms with Crippen LogP contribution in [0, 0.1) is 0 Å². The lowest BCUT2D eigenvalue weighted by Gasteiger charge is -2.42. The summed E-state index contributed by atoms with van der Waals surface area (Å²) in [5, 5.41) is 3.58. The average Bonchev–Trinajstić information content (AvgIpc) is 2.58. The van der Waals surface area contributed by atoms with Gasteiger partial charge in [-0.3, -0.25) is 9.89 Å². The standard InChI is InChI=1S/C17H34N4O2/c1-5-23-15-6-8-20(9-7-15)16(18-4)19-14-17(2,3)21-10-12-22-13-11-21/h15H,5-14H2,1-4H3,(H,18,19). The molecule has 0 unspecified atom stereocenters. The van der Waals surface area contributed by atoms with Crippen molar-refractivity contribution in [2.24, 2.45) is 4.99 Å². The second-order valence-corrected chi connectivity index (χ2v) is 6.95. The Bertz CT molecular complexity index is 373. The Kier molecular flexibility index (Phi) is 7.11. The average molecular weight is 326 g/mol. The van der Waals surface area contributed by atoms with Crippen molar-refractivity contribution < 1.29 is 9.47 Å². The van der Waals surface area contributed by atoms with E-state index in [0.29, 0.717) is 6.10 Å². The number of likely N-dealkylation sites (tertiary alicyclic amines) is 1. The van der Waals surface area contributed by atoms with E-state index >= 15 is 0 Å². The SMILES string of the molecule is CCOC1CCN(C(=NC)NCC(C)(C)N2CCOCC2)CC1. The van der Waals surface area contributed by atoms with Crippen LogP contribution in [-0.2, 0) is 9.47 Å². The molecule has 1 N–H and O–H groups in total. The maximum atomic E-state index is 5.73. The Morgan fingerprint density at radius 1 is 1.22 bits per heavy atom. The van der Waals surface area contributed by atoms with Crippen LogP contribution in [0.15, 0.2) is 4.99 Å². The van der Waals surface area contributed by atoms with E-state index in [-0.39, 0.29) is 5.54 Å². The molecule has 0 aromatic rings. The highest BCUT2D eigenvalue weighted by Gasteiger charge is 2.29. The van der Waals surface area contributed by atoms with E-state index in [1.165, 1.54) is 0 Å². The van der Waals surface area contributed by atoms with E-state index in [2.05, 4.69) is 40.9 Å². The molecule has 2 aliphatic heterocycles. The van der Waals surface area contributed by atoms with Crippen molar-refractivity contribution >= 4 is 5.96 Å². The molecule has 0 aromatic heterocycles. The number of hydrogen-bond acceptors (Lipinski definition) is 4. The Morgan fingerprint density at radius 3 is 2.43 bits per heavy atom. The van der Waals surface area contributed by atoms with Crippen LogP contribution in [0.4, 0.5) is 0 Å². The molecule has 0 bridgehead atoms. The van der Waals surface area contributed by atoms with Crippen molar-refractivity contribution in [3.05, 3.63) is 0 Å². The molecule has 2 fully saturated rings. The quantitative estimate of drug-likeness (QED) is 0.607. The van der Waals surface area contributed by atoms with Gasteiger partial charge >= 0.3 is 0 Å². The molecule has 0 radical (unpaired) electrons. The molecule has 6 heteroatoms. The molecule has 2 saturated heterocycles. The molecule has 134 valence electrons. The number of nitrogens with one attached hydrogen (secondary N) is 1. The maximum absolute atomic E-state index is 5.73. The van der Waals surface area contributed by atoms with Crippen LogP contribution < -0.4 is 5.32 Å². The second kappa shape index (κ2) is 8.85. The Balaban J connectivity index is 1.80. The minimum absolute atomic E-state index is 0.101. The topological polar surface area (TPSA) is 49.3 Å². The van der Waals surface area contributed by atoms with Gasteiger partial charge in [-0.2, -0.15) is 0 Å². The minimum Gasteiger partial charge on any atom is -0.379 e. The smallest absolute Gasteiger partial charge is 0.193 e. The molecule has 0 saturated carbocycles. The zero-order chi connectivity index (χ0) is 16.7. The summed E-state index contributed by atoms with van der Waals surface area (Å²) in [6, 6.07) is 0. The molecular weight excluding hydrogens is 292 g/mol. The summed E-state index contributed by atoms with van der Waals surface area (Å²) in [7, 11) is 1.87. The van der Waals surface area contributed by atoms with Crippen molar-refractivity contribution in [1.29, 1.82) is 0 Å². The maximum Gasteiger partial charge on any atom is 0.193 e. The fourth-order valence-corrected chi connectivity index (χ4v) is 3.38. The van der Waals surface area contributed by atoms with E-state index in [4.69, 9.17) is 9.47 Å². The van der Waals surface area contributed by atoms with Crippen molar-refractivity contribution in [3.63, 3.8) is 0 Å². The van der Waals surface area contributed by atoms with Gasteiger partial charge in [0.15, 0.2) is 5.96 Å². The molecule has 2 heterocycles. The van der Waals surface area contributed by atoms with Crippen LogP contribution in [0.2, 0.25) is 0 Å². The van der Waals surface area contributed by atoms with E-state index in [9.17, 15) is 0 Å². The predicted octanol–water partition coefficient (Wildman–Crippen LogP) is 1.17.